The summed E-state index contributed by atoms with van der Waals surface area (Å²) in [6.45, 7) is 5.05. The Morgan fingerprint density at radius 1 is 1.26 bits per heavy atom. The topological polar surface area (TPSA) is 69.7 Å². The molecule has 0 aromatic heterocycles. The van der Waals surface area contributed by atoms with Crippen LogP contribution >= 0.6 is 11.6 Å². The van der Waals surface area contributed by atoms with Crippen molar-refractivity contribution >= 4 is 27.5 Å². The Kier molecular flexibility index (Phi) is 7.06. The standard InChI is InChI=1S/C11H22ClN3O3S/c1-2-4-13-11(16)10-14-5-7-15(8-6-14)19(17,18)9-3-12/h2-10H2,1H3,(H,13,16). The van der Waals surface area contributed by atoms with Crippen LogP contribution in [-0.4, -0.2) is 74.4 Å². The van der Waals surface area contributed by atoms with Gasteiger partial charge in [-0.25, -0.2) is 8.42 Å². The number of sulfonamides is 1. The van der Waals surface area contributed by atoms with Crippen molar-refractivity contribution in [3.05, 3.63) is 0 Å². The Hall–Kier alpha value is -0.370. The summed E-state index contributed by atoms with van der Waals surface area (Å²) in [4.78, 5) is 13.5. The van der Waals surface area contributed by atoms with Gasteiger partial charge in [-0.15, -0.1) is 11.6 Å². The maximum atomic E-state index is 11.8. The van der Waals surface area contributed by atoms with Gasteiger partial charge in [0, 0.05) is 38.6 Å². The van der Waals surface area contributed by atoms with Gasteiger partial charge in [-0.05, 0) is 6.42 Å². The van der Waals surface area contributed by atoms with E-state index in [0.717, 1.165) is 6.42 Å². The molecule has 0 unspecified atom stereocenters. The molecule has 1 heterocycles. The molecule has 0 saturated carbocycles. The number of hydrogen-bond donors (Lipinski definition) is 1. The van der Waals surface area contributed by atoms with Crippen LogP contribution in [0, 0.1) is 0 Å². The third kappa shape index (κ3) is 5.64. The molecule has 1 N–H and O–H groups in total. The molecule has 6 nitrogen and oxygen atoms in total. The number of rotatable bonds is 7. The number of nitrogens with one attached hydrogen (secondary N) is 1. The lowest BCUT2D eigenvalue weighted by atomic mass is 10.3. The molecular weight excluding hydrogens is 290 g/mol. The Bertz CT molecular complexity index is 381. The van der Waals surface area contributed by atoms with E-state index in [1.165, 1.54) is 4.31 Å². The highest BCUT2D eigenvalue weighted by Crippen LogP contribution is 2.08. The molecule has 1 fully saturated rings. The molecule has 0 bridgehead atoms. The number of halogens is 1. The number of hydrogen-bond acceptors (Lipinski definition) is 4. The first-order valence-electron chi connectivity index (χ1n) is 6.52. The summed E-state index contributed by atoms with van der Waals surface area (Å²) in [7, 11) is -3.23. The van der Waals surface area contributed by atoms with Crippen molar-refractivity contribution in [2.45, 2.75) is 13.3 Å². The predicted octanol–water partition coefficient (Wildman–Crippen LogP) is -0.301. The van der Waals surface area contributed by atoms with Crippen LogP contribution in [0.3, 0.4) is 0 Å². The van der Waals surface area contributed by atoms with Crippen LogP contribution in [-0.2, 0) is 14.8 Å². The number of alkyl halides is 1. The van der Waals surface area contributed by atoms with E-state index in [-0.39, 0.29) is 17.5 Å². The van der Waals surface area contributed by atoms with Crippen molar-refractivity contribution in [3.8, 4) is 0 Å². The third-order valence-electron chi connectivity index (χ3n) is 3.00. The highest BCUT2D eigenvalue weighted by molar-refractivity contribution is 7.89. The van der Waals surface area contributed by atoms with Crippen molar-refractivity contribution in [3.63, 3.8) is 0 Å². The summed E-state index contributed by atoms with van der Waals surface area (Å²) < 4.78 is 25.1. The first-order valence-corrected chi connectivity index (χ1v) is 8.67. The molecule has 1 rings (SSSR count). The maximum absolute atomic E-state index is 11.8. The van der Waals surface area contributed by atoms with Gasteiger partial charge in [0.2, 0.25) is 15.9 Å². The minimum Gasteiger partial charge on any atom is -0.355 e. The van der Waals surface area contributed by atoms with Crippen LogP contribution in [0.4, 0.5) is 0 Å². The van der Waals surface area contributed by atoms with Crippen molar-refractivity contribution < 1.29 is 13.2 Å². The normalized spacial score (nSPS) is 18.4. The number of carbonyl (C=O) groups is 1. The summed E-state index contributed by atoms with van der Waals surface area (Å²) in [5.41, 5.74) is 0. The monoisotopic (exact) mass is 311 g/mol. The molecular formula is C11H22ClN3O3S. The van der Waals surface area contributed by atoms with Crippen LogP contribution in [0.1, 0.15) is 13.3 Å². The summed E-state index contributed by atoms with van der Waals surface area (Å²) in [5, 5.41) is 2.81. The highest BCUT2D eigenvalue weighted by atomic mass is 35.5. The van der Waals surface area contributed by atoms with Gasteiger partial charge < -0.3 is 5.32 Å². The Balaban J connectivity index is 2.35. The van der Waals surface area contributed by atoms with Crippen molar-refractivity contribution in [1.82, 2.24) is 14.5 Å². The van der Waals surface area contributed by atoms with E-state index in [1.54, 1.807) is 0 Å². The average molecular weight is 312 g/mol. The average Bonchev–Trinajstić information content (AvgIpc) is 2.37. The van der Waals surface area contributed by atoms with E-state index in [9.17, 15) is 13.2 Å². The van der Waals surface area contributed by atoms with Gasteiger partial charge in [-0.1, -0.05) is 6.92 Å². The number of piperazine rings is 1. The SMILES string of the molecule is CCCNC(=O)CN1CCN(S(=O)(=O)CCCl)CC1. The second kappa shape index (κ2) is 8.04. The Morgan fingerprint density at radius 3 is 2.42 bits per heavy atom. The molecule has 112 valence electrons. The van der Waals surface area contributed by atoms with Crippen LogP contribution in [0.15, 0.2) is 0 Å². The smallest absolute Gasteiger partial charge is 0.234 e. The molecule has 19 heavy (non-hydrogen) atoms. The van der Waals surface area contributed by atoms with Gasteiger partial charge >= 0.3 is 0 Å². The lowest BCUT2D eigenvalue weighted by Crippen LogP contribution is -2.51. The van der Waals surface area contributed by atoms with E-state index < -0.39 is 10.0 Å². The van der Waals surface area contributed by atoms with E-state index in [4.69, 9.17) is 11.6 Å². The molecule has 1 saturated heterocycles. The van der Waals surface area contributed by atoms with Gasteiger partial charge in [0.15, 0.2) is 0 Å². The largest absolute Gasteiger partial charge is 0.355 e. The minimum atomic E-state index is -3.23. The lowest BCUT2D eigenvalue weighted by molar-refractivity contribution is -0.122. The zero-order chi connectivity index (χ0) is 14.3. The number of amides is 1. The van der Waals surface area contributed by atoms with Gasteiger partial charge in [0.1, 0.15) is 0 Å². The molecule has 1 aliphatic heterocycles. The molecule has 1 amide bonds. The lowest BCUT2D eigenvalue weighted by Gasteiger charge is -2.33. The summed E-state index contributed by atoms with van der Waals surface area (Å²) in [5.74, 6) is 0.0898. The van der Waals surface area contributed by atoms with Gasteiger partial charge in [0.05, 0.1) is 12.3 Å². The quantitative estimate of drug-likeness (QED) is 0.655. The fourth-order valence-electron chi connectivity index (χ4n) is 1.92. The summed E-state index contributed by atoms with van der Waals surface area (Å²) in [6, 6.07) is 0. The predicted molar refractivity (Wildman–Crippen MR) is 75.8 cm³/mol. The van der Waals surface area contributed by atoms with Crippen LogP contribution in [0.25, 0.3) is 0 Å². The number of carbonyl (C=O) groups excluding carboxylic acids is 1. The van der Waals surface area contributed by atoms with Gasteiger partial charge in [-0.3, -0.25) is 9.69 Å². The first kappa shape index (κ1) is 16.7. The molecule has 0 aromatic carbocycles. The molecule has 1 aliphatic rings. The second-order valence-electron chi connectivity index (χ2n) is 4.53. The molecule has 0 aliphatic carbocycles. The van der Waals surface area contributed by atoms with E-state index in [2.05, 4.69) is 5.32 Å². The van der Waals surface area contributed by atoms with Crippen molar-refractivity contribution in [2.75, 3.05) is 50.9 Å². The molecule has 0 aromatic rings. The van der Waals surface area contributed by atoms with Crippen LogP contribution < -0.4 is 5.32 Å². The highest BCUT2D eigenvalue weighted by Gasteiger charge is 2.26. The Morgan fingerprint density at radius 2 is 1.89 bits per heavy atom. The Labute approximate surface area is 120 Å². The number of nitrogens with zero attached hydrogens (tertiary/aromatic N) is 2. The minimum absolute atomic E-state index is 0.00100. The maximum Gasteiger partial charge on any atom is 0.234 e. The third-order valence-corrected chi connectivity index (χ3v) is 5.28. The van der Waals surface area contributed by atoms with Crippen LogP contribution in [0.2, 0.25) is 0 Å². The molecule has 0 atom stereocenters. The first-order chi connectivity index (χ1) is 8.99. The zero-order valence-electron chi connectivity index (χ0n) is 11.3. The molecule has 8 heteroatoms. The van der Waals surface area contributed by atoms with E-state index >= 15 is 0 Å². The summed E-state index contributed by atoms with van der Waals surface area (Å²) in [6.07, 6.45) is 0.913. The fourth-order valence-corrected chi connectivity index (χ4v) is 3.67. The second-order valence-corrected chi connectivity index (χ2v) is 7.00. The summed E-state index contributed by atoms with van der Waals surface area (Å²) >= 11 is 5.48. The zero-order valence-corrected chi connectivity index (χ0v) is 12.8. The van der Waals surface area contributed by atoms with Crippen molar-refractivity contribution in [2.24, 2.45) is 0 Å². The molecule has 0 radical (unpaired) electrons. The fraction of sp³-hybridized carbons (Fsp3) is 0.909. The van der Waals surface area contributed by atoms with Crippen LogP contribution in [0.5, 0.6) is 0 Å². The van der Waals surface area contributed by atoms with Gasteiger partial charge in [-0.2, -0.15) is 4.31 Å². The van der Waals surface area contributed by atoms with Crippen molar-refractivity contribution in [1.29, 1.82) is 0 Å². The van der Waals surface area contributed by atoms with E-state index in [1.807, 2.05) is 11.8 Å². The molecule has 0 spiro atoms. The van der Waals surface area contributed by atoms with Gasteiger partial charge in [0.25, 0.3) is 0 Å². The van der Waals surface area contributed by atoms with E-state index in [0.29, 0.717) is 39.3 Å².